The van der Waals surface area contributed by atoms with Crippen LogP contribution in [0.15, 0.2) is 18.3 Å². The number of pyridine rings is 1. The van der Waals surface area contributed by atoms with Crippen LogP contribution in [0, 0.1) is 0 Å². The molecule has 0 saturated heterocycles. The minimum absolute atomic E-state index is 0.266. The normalized spacial score (nSPS) is 12.4. The zero-order chi connectivity index (χ0) is 9.84. The third-order valence-corrected chi connectivity index (χ3v) is 1.62. The predicted octanol–water partition coefficient (Wildman–Crippen LogP) is -0.382. The fraction of sp³-hybridized carbons (Fsp3) is 0.250. The van der Waals surface area contributed by atoms with E-state index in [2.05, 4.69) is 4.98 Å². The van der Waals surface area contributed by atoms with E-state index in [1.165, 1.54) is 6.20 Å². The van der Waals surface area contributed by atoms with Gasteiger partial charge in [0.1, 0.15) is 11.9 Å². The number of nitrogen functional groups attached to an aromatic ring is 1. The van der Waals surface area contributed by atoms with E-state index in [1.54, 1.807) is 12.1 Å². The van der Waals surface area contributed by atoms with Crippen LogP contribution < -0.4 is 11.5 Å². The molecule has 0 fully saturated rings. The van der Waals surface area contributed by atoms with Crippen molar-refractivity contribution in [2.24, 2.45) is 5.73 Å². The summed E-state index contributed by atoms with van der Waals surface area (Å²) in [7, 11) is 0. The molecule has 0 aliphatic heterocycles. The van der Waals surface area contributed by atoms with Gasteiger partial charge in [0, 0.05) is 6.20 Å². The van der Waals surface area contributed by atoms with E-state index in [-0.39, 0.29) is 6.42 Å². The van der Waals surface area contributed by atoms with E-state index >= 15 is 0 Å². The van der Waals surface area contributed by atoms with E-state index < -0.39 is 12.0 Å². The first-order valence-corrected chi connectivity index (χ1v) is 3.78. The monoisotopic (exact) mass is 181 g/mol. The lowest BCUT2D eigenvalue weighted by Gasteiger charge is -2.05. The summed E-state index contributed by atoms with van der Waals surface area (Å²) in [5.41, 5.74) is 11.5. The maximum atomic E-state index is 10.4. The van der Waals surface area contributed by atoms with Crippen molar-refractivity contribution in [2.45, 2.75) is 12.5 Å². The maximum Gasteiger partial charge on any atom is 0.320 e. The smallest absolute Gasteiger partial charge is 0.320 e. The minimum atomic E-state index is -1.02. The van der Waals surface area contributed by atoms with Crippen molar-refractivity contribution in [2.75, 3.05) is 5.73 Å². The second-order valence-corrected chi connectivity index (χ2v) is 2.74. The summed E-state index contributed by atoms with van der Waals surface area (Å²) in [6.45, 7) is 0. The fourth-order valence-electron chi connectivity index (χ4n) is 0.963. The third-order valence-electron chi connectivity index (χ3n) is 1.62. The van der Waals surface area contributed by atoms with Crippen molar-refractivity contribution in [3.63, 3.8) is 0 Å². The molecule has 0 unspecified atom stereocenters. The average Bonchev–Trinajstić information content (AvgIpc) is 2.04. The predicted molar refractivity (Wildman–Crippen MR) is 48.0 cm³/mol. The van der Waals surface area contributed by atoms with Crippen LogP contribution in [-0.2, 0) is 11.2 Å². The number of rotatable bonds is 3. The van der Waals surface area contributed by atoms with E-state index in [4.69, 9.17) is 16.6 Å². The Kier molecular flexibility index (Phi) is 2.81. The van der Waals surface area contributed by atoms with Crippen LogP contribution in [0.4, 0.5) is 5.82 Å². The number of aliphatic carboxylic acids is 1. The van der Waals surface area contributed by atoms with E-state index in [1.807, 2.05) is 0 Å². The molecule has 0 bridgehead atoms. The van der Waals surface area contributed by atoms with Gasteiger partial charge in [0.2, 0.25) is 0 Å². The molecule has 1 heterocycles. The van der Waals surface area contributed by atoms with Gasteiger partial charge in [0.05, 0.1) is 0 Å². The van der Waals surface area contributed by atoms with Gasteiger partial charge in [-0.2, -0.15) is 0 Å². The van der Waals surface area contributed by atoms with Crippen molar-refractivity contribution in [1.82, 2.24) is 4.98 Å². The van der Waals surface area contributed by atoms with Crippen LogP contribution in [0.1, 0.15) is 5.56 Å². The summed E-state index contributed by atoms with van der Waals surface area (Å²) in [6.07, 6.45) is 1.79. The molecule has 70 valence electrons. The lowest BCUT2D eigenvalue weighted by atomic mass is 10.1. The molecule has 0 saturated carbocycles. The Morgan fingerprint density at radius 2 is 2.38 bits per heavy atom. The molecule has 1 rings (SSSR count). The molecule has 0 spiro atoms. The van der Waals surface area contributed by atoms with E-state index in [0.29, 0.717) is 5.82 Å². The molecule has 5 N–H and O–H groups in total. The number of nitrogens with two attached hydrogens (primary N) is 2. The molecule has 13 heavy (non-hydrogen) atoms. The highest BCUT2D eigenvalue weighted by Gasteiger charge is 2.11. The SMILES string of the molecule is Nc1cc(C[C@@H](N)C(=O)O)ccn1. The van der Waals surface area contributed by atoms with Crippen LogP contribution >= 0.6 is 0 Å². The molecule has 1 aromatic heterocycles. The van der Waals surface area contributed by atoms with Gasteiger partial charge in [-0.05, 0) is 24.1 Å². The van der Waals surface area contributed by atoms with E-state index in [9.17, 15) is 4.79 Å². The summed E-state index contributed by atoms with van der Waals surface area (Å²) in [6, 6.07) is 2.42. The van der Waals surface area contributed by atoms with Crippen LogP contribution in [0.3, 0.4) is 0 Å². The molecule has 5 nitrogen and oxygen atoms in total. The third kappa shape index (κ3) is 2.72. The molecule has 0 aliphatic rings. The molecular weight excluding hydrogens is 170 g/mol. The minimum Gasteiger partial charge on any atom is -0.480 e. The zero-order valence-corrected chi connectivity index (χ0v) is 6.97. The molecular formula is C8H11N3O2. The molecule has 0 aliphatic carbocycles. The number of nitrogens with zero attached hydrogens (tertiary/aromatic N) is 1. The molecule has 0 aromatic carbocycles. The Morgan fingerprint density at radius 1 is 1.69 bits per heavy atom. The van der Waals surface area contributed by atoms with Gasteiger partial charge in [-0.1, -0.05) is 0 Å². The quantitative estimate of drug-likeness (QED) is 0.589. The number of hydrogen-bond acceptors (Lipinski definition) is 4. The summed E-state index contributed by atoms with van der Waals surface area (Å²) < 4.78 is 0. The number of anilines is 1. The molecule has 1 atom stereocenters. The summed E-state index contributed by atoms with van der Waals surface area (Å²) in [5, 5.41) is 8.54. The maximum absolute atomic E-state index is 10.4. The Balaban J connectivity index is 2.69. The van der Waals surface area contributed by atoms with Crippen LogP contribution in [0.2, 0.25) is 0 Å². The lowest BCUT2D eigenvalue weighted by molar-refractivity contribution is -0.138. The number of carbonyl (C=O) groups is 1. The topological polar surface area (TPSA) is 102 Å². The summed E-state index contributed by atoms with van der Waals surface area (Å²) in [4.78, 5) is 14.2. The highest BCUT2D eigenvalue weighted by atomic mass is 16.4. The van der Waals surface area contributed by atoms with Gasteiger partial charge in [0.25, 0.3) is 0 Å². The second-order valence-electron chi connectivity index (χ2n) is 2.74. The molecule has 5 heteroatoms. The van der Waals surface area contributed by atoms with Crippen molar-refractivity contribution in [3.05, 3.63) is 23.9 Å². The average molecular weight is 181 g/mol. The Morgan fingerprint density at radius 3 is 2.92 bits per heavy atom. The second kappa shape index (κ2) is 3.86. The Hall–Kier alpha value is -1.62. The van der Waals surface area contributed by atoms with Gasteiger partial charge < -0.3 is 16.6 Å². The van der Waals surface area contributed by atoms with Gasteiger partial charge in [-0.15, -0.1) is 0 Å². The number of carboxylic acids is 1. The zero-order valence-electron chi connectivity index (χ0n) is 6.97. The molecule has 0 amide bonds. The molecule has 1 aromatic rings. The highest BCUT2D eigenvalue weighted by Crippen LogP contribution is 2.05. The van der Waals surface area contributed by atoms with Gasteiger partial charge in [-0.3, -0.25) is 4.79 Å². The van der Waals surface area contributed by atoms with Gasteiger partial charge in [-0.25, -0.2) is 4.98 Å². The standard InChI is InChI=1S/C8H11N3O2/c9-6(8(12)13)3-5-1-2-11-7(10)4-5/h1-2,4,6H,3,9H2,(H2,10,11)(H,12,13)/t6-/m1/s1. The fourth-order valence-corrected chi connectivity index (χ4v) is 0.963. The van der Waals surface area contributed by atoms with Crippen LogP contribution in [0.25, 0.3) is 0 Å². The van der Waals surface area contributed by atoms with Crippen molar-refractivity contribution in [3.8, 4) is 0 Å². The Bertz CT molecular complexity index is 314. The van der Waals surface area contributed by atoms with E-state index in [0.717, 1.165) is 5.56 Å². The number of carboxylic acid groups (broad SMARTS) is 1. The Labute approximate surface area is 75.4 Å². The van der Waals surface area contributed by atoms with Crippen molar-refractivity contribution < 1.29 is 9.90 Å². The summed E-state index contributed by atoms with van der Waals surface area (Å²) >= 11 is 0. The number of hydrogen-bond donors (Lipinski definition) is 3. The van der Waals surface area contributed by atoms with Crippen molar-refractivity contribution in [1.29, 1.82) is 0 Å². The van der Waals surface area contributed by atoms with Gasteiger partial charge in [0.15, 0.2) is 0 Å². The first-order valence-electron chi connectivity index (χ1n) is 3.78. The number of aromatic nitrogens is 1. The van der Waals surface area contributed by atoms with Gasteiger partial charge >= 0.3 is 5.97 Å². The lowest BCUT2D eigenvalue weighted by Crippen LogP contribution is -2.32. The molecule has 0 radical (unpaired) electrons. The van der Waals surface area contributed by atoms with Crippen molar-refractivity contribution >= 4 is 11.8 Å². The largest absolute Gasteiger partial charge is 0.480 e. The highest BCUT2D eigenvalue weighted by molar-refractivity contribution is 5.73. The van der Waals surface area contributed by atoms with Crippen LogP contribution in [0.5, 0.6) is 0 Å². The van der Waals surface area contributed by atoms with Crippen LogP contribution in [-0.4, -0.2) is 22.1 Å². The first-order chi connectivity index (χ1) is 6.09. The first kappa shape index (κ1) is 9.47. The summed E-state index contributed by atoms with van der Waals surface area (Å²) in [5.74, 6) is -0.648.